The molecule has 5 heteroatoms. The zero-order chi connectivity index (χ0) is 14.8. The van der Waals surface area contributed by atoms with E-state index in [1.54, 1.807) is 0 Å². The van der Waals surface area contributed by atoms with Gasteiger partial charge in [0.2, 0.25) is 5.88 Å². The summed E-state index contributed by atoms with van der Waals surface area (Å²) in [5, 5.41) is 9.67. The van der Waals surface area contributed by atoms with E-state index in [0.717, 1.165) is 38.4 Å². The fourth-order valence-corrected chi connectivity index (χ4v) is 2.83. The van der Waals surface area contributed by atoms with E-state index in [2.05, 4.69) is 9.88 Å². The molecular formula is C16H25N3O2. The third-order valence-corrected chi connectivity index (χ3v) is 4.57. The quantitative estimate of drug-likeness (QED) is 0.868. The first-order valence-electron chi connectivity index (χ1n) is 7.96. The Balaban J connectivity index is 1.63. The average Bonchev–Trinajstić information content (AvgIpc) is 3.31. The molecule has 1 unspecified atom stereocenters. The maximum absolute atomic E-state index is 9.67. The summed E-state index contributed by atoms with van der Waals surface area (Å²) >= 11 is 0. The second kappa shape index (κ2) is 6.10. The number of nitrogens with zero attached hydrogens (tertiary/aromatic N) is 2. The number of nitrogen functional groups attached to an aromatic ring is 1. The van der Waals surface area contributed by atoms with Crippen LogP contribution in [0.2, 0.25) is 0 Å². The van der Waals surface area contributed by atoms with Crippen molar-refractivity contribution in [1.29, 1.82) is 0 Å². The van der Waals surface area contributed by atoms with Gasteiger partial charge in [0.05, 0.1) is 18.4 Å². The largest absolute Gasteiger partial charge is 0.476 e. The lowest BCUT2D eigenvalue weighted by Gasteiger charge is -2.34. The Hall–Kier alpha value is -1.49. The third-order valence-electron chi connectivity index (χ3n) is 4.57. The molecule has 2 heterocycles. The van der Waals surface area contributed by atoms with E-state index in [0.29, 0.717) is 23.4 Å². The maximum atomic E-state index is 9.67. The molecule has 1 aliphatic heterocycles. The van der Waals surface area contributed by atoms with Crippen molar-refractivity contribution >= 4 is 11.5 Å². The molecule has 1 saturated carbocycles. The molecule has 2 aliphatic rings. The number of aliphatic hydroxyl groups excluding tert-OH is 1. The van der Waals surface area contributed by atoms with Crippen LogP contribution in [0.25, 0.3) is 0 Å². The van der Waals surface area contributed by atoms with E-state index in [9.17, 15) is 5.11 Å². The van der Waals surface area contributed by atoms with Crippen molar-refractivity contribution in [2.75, 3.05) is 30.3 Å². The Kier molecular flexibility index (Phi) is 4.19. The van der Waals surface area contributed by atoms with Gasteiger partial charge >= 0.3 is 0 Å². The molecule has 5 nitrogen and oxygen atoms in total. The molecule has 116 valence electrons. The Bertz CT molecular complexity index is 480. The summed E-state index contributed by atoms with van der Waals surface area (Å²) in [6.45, 7) is 4.46. The van der Waals surface area contributed by atoms with Crippen LogP contribution < -0.4 is 15.4 Å². The van der Waals surface area contributed by atoms with Gasteiger partial charge in [0.25, 0.3) is 0 Å². The summed E-state index contributed by atoms with van der Waals surface area (Å²) < 4.78 is 5.75. The van der Waals surface area contributed by atoms with Crippen molar-refractivity contribution in [3.63, 3.8) is 0 Å². The lowest BCUT2D eigenvalue weighted by Crippen LogP contribution is -2.37. The Morgan fingerprint density at radius 1 is 1.33 bits per heavy atom. The fraction of sp³-hybridized carbons (Fsp3) is 0.688. The number of hydrogen-bond acceptors (Lipinski definition) is 5. The van der Waals surface area contributed by atoms with Gasteiger partial charge in [-0.2, -0.15) is 4.98 Å². The lowest BCUT2D eigenvalue weighted by atomic mass is 9.92. The van der Waals surface area contributed by atoms with Gasteiger partial charge < -0.3 is 20.5 Å². The summed E-state index contributed by atoms with van der Waals surface area (Å²) in [6, 6.07) is 3.84. The summed E-state index contributed by atoms with van der Waals surface area (Å²) in [4.78, 5) is 6.83. The minimum atomic E-state index is -0.219. The van der Waals surface area contributed by atoms with Gasteiger partial charge in [0.1, 0.15) is 5.82 Å². The first-order valence-corrected chi connectivity index (χ1v) is 7.96. The van der Waals surface area contributed by atoms with Gasteiger partial charge in [-0.15, -0.1) is 0 Å². The van der Waals surface area contributed by atoms with Crippen LogP contribution >= 0.6 is 0 Å². The number of pyridine rings is 1. The number of ether oxygens (including phenoxy) is 1. The molecule has 1 saturated heterocycles. The molecule has 0 aromatic carbocycles. The SMILES string of the molecule is CC(O)C1CCN(c2ccc(N)c(OCC3CC3)n2)CC1. The molecule has 1 aromatic rings. The minimum Gasteiger partial charge on any atom is -0.476 e. The van der Waals surface area contributed by atoms with E-state index in [-0.39, 0.29) is 6.10 Å². The third kappa shape index (κ3) is 3.59. The van der Waals surface area contributed by atoms with Crippen LogP contribution in [0.15, 0.2) is 12.1 Å². The molecular weight excluding hydrogens is 266 g/mol. The summed E-state index contributed by atoms with van der Waals surface area (Å²) in [6.07, 6.45) is 4.30. The number of aromatic nitrogens is 1. The minimum absolute atomic E-state index is 0.219. The molecule has 1 atom stereocenters. The van der Waals surface area contributed by atoms with E-state index in [1.807, 2.05) is 19.1 Å². The van der Waals surface area contributed by atoms with Crippen molar-refractivity contribution in [2.24, 2.45) is 11.8 Å². The second-order valence-corrected chi connectivity index (χ2v) is 6.38. The Labute approximate surface area is 126 Å². The normalized spacial score (nSPS) is 21.3. The molecule has 0 spiro atoms. The number of aliphatic hydroxyl groups is 1. The summed E-state index contributed by atoms with van der Waals surface area (Å²) in [7, 11) is 0. The van der Waals surface area contributed by atoms with E-state index < -0.39 is 0 Å². The first-order chi connectivity index (χ1) is 10.1. The van der Waals surface area contributed by atoms with Crippen LogP contribution in [0.4, 0.5) is 11.5 Å². The number of nitrogens with two attached hydrogens (primary N) is 1. The first kappa shape index (κ1) is 14.4. The van der Waals surface area contributed by atoms with Crippen LogP contribution in [0, 0.1) is 11.8 Å². The van der Waals surface area contributed by atoms with Crippen LogP contribution in [0.3, 0.4) is 0 Å². The molecule has 3 N–H and O–H groups in total. The highest BCUT2D eigenvalue weighted by molar-refractivity contribution is 5.54. The number of rotatable bonds is 5. The molecule has 2 fully saturated rings. The monoisotopic (exact) mass is 291 g/mol. The zero-order valence-electron chi connectivity index (χ0n) is 12.7. The number of hydrogen-bond donors (Lipinski definition) is 2. The van der Waals surface area contributed by atoms with E-state index in [1.165, 1.54) is 12.8 Å². The number of piperidine rings is 1. The van der Waals surface area contributed by atoms with Crippen LogP contribution in [0.1, 0.15) is 32.6 Å². The van der Waals surface area contributed by atoms with Gasteiger partial charge in [-0.05, 0) is 56.6 Å². The summed E-state index contributed by atoms with van der Waals surface area (Å²) in [5.74, 6) is 2.59. The topological polar surface area (TPSA) is 71.6 Å². The number of anilines is 2. The highest BCUT2D eigenvalue weighted by Crippen LogP contribution is 2.32. The van der Waals surface area contributed by atoms with Crippen molar-refractivity contribution < 1.29 is 9.84 Å². The molecule has 0 amide bonds. The highest BCUT2D eigenvalue weighted by atomic mass is 16.5. The molecule has 0 bridgehead atoms. The fourth-order valence-electron chi connectivity index (χ4n) is 2.83. The van der Waals surface area contributed by atoms with Crippen molar-refractivity contribution in [2.45, 2.75) is 38.7 Å². The van der Waals surface area contributed by atoms with Gasteiger partial charge in [0.15, 0.2) is 0 Å². The van der Waals surface area contributed by atoms with Gasteiger partial charge in [0, 0.05) is 13.1 Å². The molecule has 0 radical (unpaired) electrons. The van der Waals surface area contributed by atoms with Gasteiger partial charge in [-0.1, -0.05) is 0 Å². The predicted molar refractivity (Wildman–Crippen MR) is 83.5 cm³/mol. The molecule has 21 heavy (non-hydrogen) atoms. The molecule has 1 aromatic heterocycles. The van der Waals surface area contributed by atoms with E-state index >= 15 is 0 Å². The van der Waals surface area contributed by atoms with Gasteiger partial charge in [-0.3, -0.25) is 0 Å². The van der Waals surface area contributed by atoms with Crippen molar-refractivity contribution in [3.05, 3.63) is 12.1 Å². The molecule has 1 aliphatic carbocycles. The Morgan fingerprint density at radius 2 is 2.05 bits per heavy atom. The van der Waals surface area contributed by atoms with Crippen LogP contribution in [-0.2, 0) is 0 Å². The maximum Gasteiger partial charge on any atom is 0.239 e. The smallest absolute Gasteiger partial charge is 0.239 e. The van der Waals surface area contributed by atoms with Gasteiger partial charge in [-0.25, -0.2) is 0 Å². The lowest BCUT2D eigenvalue weighted by molar-refractivity contribution is 0.109. The predicted octanol–water partition coefficient (Wildman–Crippen LogP) is 2.05. The average molecular weight is 291 g/mol. The standard InChI is InChI=1S/C16H25N3O2/c1-11(20)13-6-8-19(9-7-13)15-5-4-14(17)16(18-15)21-10-12-2-3-12/h4-5,11-13,20H,2-3,6-10,17H2,1H3. The van der Waals surface area contributed by atoms with Crippen LogP contribution in [-0.4, -0.2) is 35.9 Å². The highest BCUT2D eigenvalue weighted by Gasteiger charge is 2.25. The van der Waals surface area contributed by atoms with Crippen molar-refractivity contribution in [3.8, 4) is 5.88 Å². The zero-order valence-corrected chi connectivity index (χ0v) is 12.7. The second-order valence-electron chi connectivity index (χ2n) is 6.38. The van der Waals surface area contributed by atoms with Crippen molar-refractivity contribution in [1.82, 2.24) is 4.98 Å². The van der Waals surface area contributed by atoms with E-state index in [4.69, 9.17) is 10.5 Å². The Morgan fingerprint density at radius 3 is 2.67 bits per heavy atom. The summed E-state index contributed by atoms with van der Waals surface area (Å²) in [5.41, 5.74) is 6.56. The molecule has 3 rings (SSSR count). The van der Waals surface area contributed by atoms with Crippen LogP contribution in [0.5, 0.6) is 5.88 Å².